The Morgan fingerprint density at radius 3 is 2.68 bits per heavy atom. The lowest BCUT2D eigenvalue weighted by molar-refractivity contribution is -0.0308. The van der Waals surface area contributed by atoms with Gasteiger partial charge in [0.2, 0.25) is 0 Å². The van der Waals surface area contributed by atoms with Gasteiger partial charge in [-0.3, -0.25) is 9.78 Å². The highest BCUT2D eigenvalue weighted by atomic mass is 19.1. The van der Waals surface area contributed by atoms with Crippen LogP contribution in [0.3, 0.4) is 0 Å². The number of aryl methyl sites for hydroxylation is 1. The summed E-state index contributed by atoms with van der Waals surface area (Å²) in [6, 6.07) is 8.88. The molecule has 3 saturated carbocycles. The summed E-state index contributed by atoms with van der Waals surface area (Å²) in [6.45, 7) is 4.79. The van der Waals surface area contributed by atoms with Crippen LogP contribution in [-0.2, 0) is 10.2 Å². The number of rotatable bonds is 5. The van der Waals surface area contributed by atoms with E-state index in [0.29, 0.717) is 18.8 Å². The number of pyridine rings is 2. The van der Waals surface area contributed by atoms with Gasteiger partial charge in [0.25, 0.3) is 5.91 Å². The van der Waals surface area contributed by atoms with Crippen LogP contribution in [-0.4, -0.2) is 46.6 Å². The van der Waals surface area contributed by atoms with E-state index < -0.39 is 5.82 Å². The molecule has 7 nitrogen and oxygen atoms in total. The molecule has 8 heteroatoms. The molecule has 0 radical (unpaired) electrons. The van der Waals surface area contributed by atoms with Gasteiger partial charge in [0.05, 0.1) is 24.6 Å². The van der Waals surface area contributed by atoms with Gasteiger partial charge in [0.15, 0.2) is 5.65 Å². The second kappa shape index (κ2) is 8.38. The maximum absolute atomic E-state index is 15.1. The quantitative estimate of drug-likeness (QED) is 0.421. The summed E-state index contributed by atoms with van der Waals surface area (Å²) in [7, 11) is 0. The average Bonchev–Trinajstić information content (AvgIpc) is 3.33. The molecular weight excluding hydrogens is 469 g/mol. The van der Waals surface area contributed by atoms with Crippen LogP contribution in [0.5, 0.6) is 0 Å². The highest BCUT2D eigenvalue weighted by Crippen LogP contribution is 2.64. The van der Waals surface area contributed by atoms with Crippen molar-refractivity contribution < 1.29 is 13.9 Å². The number of nitrogens with one attached hydrogen (secondary N) is 1. The van der Waals surface area contributed by atoms with Crippen LogP contribution >= 0.6 is 0 Å². The number of nitrogens with zero attached hydrogens (tertiary/aromatic N) is 4. The Labute approximate surface area is 214 Å². The topological polar surface area (TPSA) is 71.8 Å². The van der Waals surface area contributed by atoms with Gasteiger partial charge in [0, 0.05) is 60.1 Å². The Bertz CT molecular complexity index is 1520. The number of aromatic nitrogens is 3. The van der Waals surface area contributed by atoms with E-state index in [-0.39, 0.29) is 17.0 Å². The molecule has 1 aromatic carbocycles. The van der Waals surface area contributed by atoms with Crippen LogP contribution in [0.4, 0.5) is 15.8 Å². The molecule has 3 aromatic heterocycles. The molecule has 4 aromatic rings. The predicted molar refractivity (Wildman–Crippen MR) is 140 cm³/mol. The summed E-state index contributed by atoms with van der Waals surface area (Å²) < 4.78 is 22.6. The van der Waals surface area contributed by atoms with E-state index in [4.69, 9.17) is 4.74 Å². The number of carbonyl (C=O) groups excluding carboxylic acids is 1. The van der Waals surface area contributed by atoms with E-state index in [1.807, 2.05) is 29.8 Å². The summed E-state index contributed by atoms with van der Waals surface area (Å²) in [4.78, 5) is 24.5. The van der Waals surface area contributed by atoms with Crippen LogP contribution in [0.1, 0.15) is 40.9 Å². The van der Waals surface area contributed by atoms with Crippen LogP contribution in [0, 0.1) is 18.7 Å². The molecular formula is C29H28FN5O2. The normalized spacial score (nSPS) is 22.4. The lowest BCUT2D eigenvalue weighted by atomic mass is 9.43. The Balaban J connectivity index is 1.22. The fraction of sp³-hybridized carbons (Fsp3) is 0.345. The second-order valence-electron chi connectivity index (χ2n) is 10.7. The van der Waals surface area contributed by atoms with E-state index in [1.54, 1.807) is 24.5 Å². The Kier molecular flexibility index (Phi) is 5.08. The van der Waals surface area contributed by atoms with Crippen molar-refractivity contribution in [2.24, 2.45) is 5.92 Å². The first-order valence-electron chi connectivity index (χ1n) is 12.9. The predicted octanol–water partition coefficient (Wildman–Crippen LogP) is 4.98. The third kappa shape index (κ3) is 3.70. The van der Waals surface area contributed by atoms with Crippen molar-refractivity contribution in [1.29, 1.82) is 0 Å². The number of anilines is 2. The molecule has 4 fully saturated rings. The van der Waals surface area contributed by atoms with Crippen molar-refractivity contribution in [3.8, 4) is 11.1 Å². The van der Waals surface area contributed by atoms with Crippen molar-refractivity contribution >= 4 is 22.9 Å². The van der Waals surface area contributed by atoms with Crippen LogP contribution in [0.15, 0.2) is 55.1 Å². The molecule has 2 bridgehead atoms. The van der Waals surface area contributed by atoms with Gasteiger partial charge < -0.3 is 19.4 Å². The number of amides is 1. The van der Waals surface area contributed by atoms with Crippen molar-refractivity contribution in [2.75, 3.05) is 36.5 Å². The molecule has 4 heterocycles. The second-order valence-corrected chi connectivity index (χ2v) is 10.7. The van der Waals surface area contributed by atoms with E-state index in [0.717, 1.165) is 72.0 Å². The summed E-state index contributed by atoms with van der Waals surface area (Å²) >= 11 is 0. The molecule has 8 rings (SSSR count). The molecule has 0 unspecified atom stereocenters. The number of hydrogen-bond donors (Lipinski definition) is 1. The minimum atomic E-state index is -0.458. The molecule has 37 heavy (non-hydrogen) atoms. The number of carbonyl (C=O) groups is 1. The molecule has 1 amide bonds. The summed E-state index contributed by atoms with van der Waals surface area (Å²) in [6.07, 6.45) is 10.9. The molecule has 1 aliphatic heterocycles. The number of hydrogen-bond acceptors (Lipinski definition) is 5. The number of imidazole rings is 1. The largest absolute Gasteiger partial charge is 0.378 e. The Hall–Kier alpha value is -3.78. The number of benzene rings is 1. The first-order chi connectivity index (χ1) is 18.0. The molecule has 0 spiro atoms. The fourth-order valence-electron chi connectivity index (χ4n) is 6.13. The van der Waals surface area contributed by atoms with Crippen LogP contribution in [0.2, 0.25) is 0 Å². The SMILES string of the molecule is Cc1cc(F)c(NC(=O)c2ccnc(C34CC(C3)C4)c2)cc1-c1cc(N2CCOCC2)c2nccn2c1. The number of halogens is 1. The van der Waals surface area contributed by atoms with E-state index in [9.17, 15) is 4.79 Å². The maximum Gasteiger partial charge on any atom is 0.255 e. The van der Waals surface area contributed by atoms with E-state index in [1.165, 1.54) is 6.07 Å². The number of morpholine rings is 1. The number of ether oxygens (including phenoxy) is 1. The third-order valence-corrected chi connectivity index (χ3v) is 8.30. The van der Waals surface area contributed by atoms with Gasteiger partial charge in [-0.25, -0.2) is 9.37 Å². The zero-order valence-electron chi connectivity index (χ0n) is 20.7. The molecule has 1 N–H and O–H groups in total. The van der Waals surface area contributed by atoms with Gasteiger partial charge >= 0.3 is 0 Å². The Morgan fingerprint density at radius 2 is 1.92 bits per heavy atom. The van der Waals surface area contributed by atoms with Gasteiger partial charge in [-0.05, 0) is 73.6 Å². The standard InChI is InChI=1S/C29H28FN5O2/c1-18-10-23(30)24(33-28(36)20-2-3-31-26(12-20)29-14-19(15-29)16-29)13-22(18)21-11-25(34-6-8-37-9-7-34)27-32-4-5-35(27)17-21/h2-5,10-13,17,19H,6-9,14-16H2,1H3,(H,33,36). The zero-order valence-corrected chi connectivity index (χ0v) is 20.7. The van der Waals surface area contributed by atoms with Gasteiger partial charge in [-0.15, -0.1) is 0 Å². The fourth-order valence-corrected chi connectivity index (χ4v) is 6.13. The highest BCUT2D eigenvalue weighted by molar-refractivity contribution is 6.04. The highest BCUT2D eigenvalue weighted by Gasteiger charge is 2.58. The van der Waals surface area contributed by atoms with E-state index in [2.05, 4.69) is 26.3 Å². The smallest absolute Gasteiger partial charge is 0.255 e. The molecule has 188 valence electrons. The van der Waals surface area contributed by atoms with Crippen LogP contribution in [0.25, 0.3) is 16.8 Å². The van der Waals surface area contributed by atoms with Gasteiger partial charge in [0.1, 0.15) is 5.82 Å². The van der Waals surface area contributed by atoms with E-state index >= 15 is 4.39 Å². The van der Waals surface area contributed by atoms with Crippen molar-refractivity contribution in [1.82, 2.24) is 14.4 Å². The van der Waals surface area contributed by atoms with Crippen molar-refractivity contribution in [2.45, 2.75) is 31.6 Å². The van der Waals surface area contributed by atoms with Crippen molar-refractivity contribution in [3.63, 3.8) is 0 Å². The third-order valence-electron chi connectivity index (χ3n) is 8.30. The summed E-state index contributed by atoms with van der Waals surface area (Å²) in [5.74, 6) is 0.0353. The molecule has 1 saturated heterocycles. The molecule has 3 aliphatic carbocycles. The minimum absolute atomic E-state index is 0.160. The summed E-state index contributed by atoms with van der Waals surface area (Å²) in [5.41, 5.74) is 6.26. The van der Waals surface area contributed by atoms with Gasteiger partial charge in [-0.1, -0.05) is 0 Å². The first kappa shape index (κ1) is 22.4. The van der Waals surface area contributed by atoms with Crippen LogP contribution < -0.4 is 10.2 Å². The van der Waals surface area contributed by atoms with Crippen molar-refractivity contribution in [3.05, 3.63) is 77.8 Å². The molecule has 0 atom stereocenters. The number of fused-ring (bicyclic) bond motifs is 1. The lowest BCUT2D eigenvalue weighted by Gasteiger charge is -2.61. The average molecular weight is 498 g/mol. The lowest BCUT2D eigenvalue weighted by Crippen LogP contribution is -2.55. The molecule has 4 aliphatic rings. The Morgan fingerprint density at radius 1 is 1.11 bits per heavy atom. The maximum atomic E-state index is 15.1. The first-order valence-corrected chi connectivity index (χ1v) is 12.9. The summed E-state index contributed by atoms with van der Waals surface area (Å²) in [5, 5.41) is 2.81. The van der Waals surface area contributed by atoms with Gasteiger partial charge in [-0.2, -0.15) is 0 Å². The zero-order chi connectivity index (χ0) is 25.1. The monoisotopic (exact) mass is 497 g/mol. The minimum Gasteiger partial charge on any atom is -0.378 e.